The van der Waals surface area contributed by atoms with E-state index in [1.54, 1.807) is 26.0 Å². The van der Waals surface area contributed by atoms with Crippen LogP contribution in [0.4, 0.5) is 0 Å². The van der Waals surface area contributed by atoms with Gasteiger partial charge in [-0.2, -0.15) is 11.8 Å². The van der Waals surface area contributed by atoms with Gasteiger partial charge >= 0.3 is 0 Å². The number of hydrogen-bond acceptors (Lipinski definition) is 4. The minimum Gasteiger partial charge on any atom is -0.497 e. The molecule has 15 heavy (non-hydrogen) atoms. The Morgan fingerprint density at radius 1 is 1.27 bits per heavy atom. The zero-order chi connectivity index (χ0) is 11.1. The van der Waals surface area contributed by atoms with E-state index < -0.39 is 0 Å². The van der Waals surface area contributed by atoms with Crippen LogP contribution in [0.5, 0.6) is 11.5 Å². The number of thioether (sulfide) groups is 1. The molecule has 0 heterocycles. The fourth-order valence-electron chi connectivity index (χ4n) is 1.24. The molecule has 4 heteroatoms. The van der Waals surface area contributed by atoms with Crippen LogP contribution in [0.3, 0.4) is 0 Å². The molecule has 0 saturated carbocycles. The molecule has 0 atom stereocenters. The molecule has 0 bridgehead atoms. The summed E-state index contributed by atoms with van der Waals surface area (Å²) in [5.41, 5.74) is 6.61. The summed E-state index contributed by atoms with van der Waals surface area (Å²) in [6.45, 7) is 0.711. The molecule has 0 aliphatic rings. The SMILES string of the molecule is COc1ccc(CSCCN)c(OC)c1. The lowest BCUT2D eigenvalue weighted by atomic mass is 10.2. The van der Waals surface area contributed by atoms with Gasteiger partial charge in [-0.15, -0.1) is 0 Å². The molecular formula is C11H17NO2S. The molecule has 0 radical (unpaired) electrons. The van der Waals surface area contributed by atoms with Gasteiger partial charge in [0, 0.05) is 29.7 Å². The monoisotopic (exact) mass is 227 g/mol. The maximum absolute atomic E-state index is 5.44. The highest BCUT2D eigenvalue weighted by Crippen LogP contribution is 2.27. The summed E-state index contributed by atoms with van der Waals surface area (Å²) >= 11 is 1.80. The Morgan fingerprint density at radius 2 is 2.07 bits per heavy atom. The normalized spacial score (nSPS) is 10.1. The van der Waals surface area contributed by atoms with E-state index in [4.69, 9.17) is 15.2 Å². The quantitative estimate of drug-likeness (QED) is 0.754. The van der Waals surface area contributed by atoms with Gasteiger partial charge in [-0.25, -0.2) is 0 Å². The third-order valence-corrected chi connectivity index (χ3v) is 3.05. The van der Waals surface area contributed by atoms with Crippen molar-refractivity contribution in [1.29, 1.82) is 0 Å². The zero-order valence-corrected chi connectivity index (χ0v) is 9.97. The molecule has 0 unspecified atom stereocenters. The summed E-state index contributed by atoms with van der Waals surface area (Å²) in [6.07, 6.45) is 0. The molecule has 2 N–H and O–H groups in total. The fraction of sp³-hybridized carbons (Fsp3) is 0.455. The van der Waals surface area contributed by atoms with Crippen LogP contribution in [0.15, 0.2) is 18.2 Å². The first-order chi connectivity index (χ1) is 7.31. The van der Waals surface area contributed by atoms with Crippen molar-refractivity contribution >= 4 is 11.8 Å². The van der Waals surface area contributed by atoms with Gasteiger partial charge < -0.3 is 15.2 Å². The van der Waals surface area contributed by atoms with Gasteiger partial charge in [0.25, 0.3) is 0 Å². The molecule has 3 nitrogen and oxygen atoms in total. The molecular weight excluding hydrogens is 210 g/mol. The van der Waals surface area contributed by atoms with Crippen molar-refractivity contribution in [2.75, 3.05) is 26.5 Å². The van der Waals surface area contributed by atoms with Crippen LogP contribution in [0.2, 0.25) is 0 Å². The van der Waals surface area contributed by atoms with Crippen molar-refractivity contribution in [1.82, 2.24) is 0 Å². The Hall–Kier alpha value is -0.870. The first-order valence-corrected chi connectivity index (χ1v) is 5.96. The Labute approximate surface area is 94.9 Å². The van der Waals surface area contributed by atoms with Gasteiger partial charge in [-0.05, 0) is 6.07 Å². The predicted molar refractivity (Wildman–Crippen MR) is 64.8 cm³/mol. The maximum atomic E-state index is 5.44. The molecule has 0 saturated heterocycles. The lowest BCUT2D eigenvalue weighted by Gasteiger charge is -2.09. The number of methoxy groups -OCH3 is 2. The summed E-state index contributed by atoms with van der Waals surface area (Å²) < 4.78 is 10.4. The van der Waals surface area contributed by atoms with E-state index in [-0.39, 0.29) is 0 Å². The molecule has 0 amide bonds. The second-order valence-corrected chi connectivity index (χ2v) is 4.12. The van der Waals surface area contributed by atoms with Crippen molar-refractivity contribution in [3.63, 3.8) is 0 Å². The van der Waals surface area contributed by atoms with E-state index in [0.29, 0.717) is 6.54 Å². The Balaban J connectivity index is 2.69. The second kappa shape index (κ2) is 6.58. The molecule has 1 aromatic carbocycles. The average Bonchev–Trinajstić information content (AvgIpc) is 2.29. The van der Waals surface area contributed by atoms with Gasteiger partial charge in [0.1, 0.15) is 11.5 Å². The maximum Gasteiger partial charge on any atom is 0.126 e. The molecule has 0 aromatic heterocycles. The third-order valence-electron chi connectivity index (χ3n) is 2.01. The lowest BCUT2D eigenvalue weighted by molar-refractivity contribution is 0.392. The van der Waals surface area contributed by atoms with E-state index in [9.17, 15) is 0 Å². The lowest BCUT2D eigenvalue weighted by Crippen LogP contribution is -2.01. The molecule has 0 fully saturated rings. The number of rotatable bonds is 6. The fourth-order valence-corrected chi connectivity index (χ4v) is 2.01. The summed E-state index contributed by atoms with van der Waals surface area (Å²) in [5, 5.41) is 0. The predicted octanol–water partition coefficient (Wildman–Crippen LogP) is 1.90. The van der Waals surface area contributed by atoms with E-state index in [0.717, 1.165) is 23.0 Å². The molecule has 0 spiro atoms. The van der Waals surface area contributed by atoms with Crippen molar-refractivity contribution in [3.05, 3.63) is 23.8 Å². The molecule has 1 aromatic rings. The van der Waals surface area contributed by atoms with E-state index in [1.165, 1.54) is 5.56 Å². The van der Waals surface area contributed by atoms with Crippen LogP contribution in [0.1, 0.15) is 5.56 Å². The van der Waals surface area contributed by atoms with Crippen molar-refractivity contribution < 1.29 is 9.47 Å². The van der Waals surface area contributed by atoms with Crippen LogP contribution >= 0.6 is 11.8 Å². The van der Waals surface area contributed by atoms with Gasteiger partial charge in [-0.3, -0.25) is 0 Å². The van der Waals surface area contributed by atoms with Crippen LogP contribution in [-0.4, -0.2) is 26.5 Å². The number of nitrogens with two attached hydrogens (primary N) is 1. The highest BCUT2D eigenvalue weighted by Gasteiger charge is 2.04. The van der Waals surface area contributed by atoms with Crippen molar-refractivity contribution in [2.24, 2.45) is 5.73 Å². The standard InChI is InChI=1S/C11H17NO2S/c1-13-10-4-3-9(8-15-6-5-12)11(7-10)14-2/h3-4,7H,5-6,8,12H2,1-2H3. The summed E-state index contributed by atoms with van der Waals surface area (Å²) in [4.78, 5) is 0. The van der Waals surface area contributed by atoms with Crippen molar-refractivity contribution in [2.45, 2.75) is 5.75 Å². The molecule has 1 rings (SSSR count). The topological polar surface area (TPSA) is 44.5 Å². The van der Waals surface area contributed by atoms with Gasteiger partial charge in [0.15, 0.2) is 0 Å². The third kappa shape index (κ3) is 3.64. The largest absolute Gasteiger partial charge is 0.497 e. The molecule has 0 aliphatic heterocycles. The summed E-state index contributed by atoms with van der Waals surface area (Å²) in [6, 6.07) is 5.88. The van der Waals surface area contributed by atoms with E-state index >= 15 is 0 Å². The Morgan fingerprint density at radius 3 is 2.67 bits per heavy atom. The van der Waals surface area contributed by atoms with Crippen LogP contribution in [0.25, 0.3) is 0 Å². The second-order valence-electron chi connectivity index (χ2n) is 3.02. The first kappa shape index (κ1) is 12.2. The van der Waals surface area contributed by atoms with Crippen LogP contribution < -0.4 is 15.2 Å². The smallest absolute Gasteiger partial charge is 0.126 e. The Kier molecular flexibility index (Phi) is 5.36. The minimum atomic E-state index is 0.711. The summed E-state index contributed by atoms with van der Waals surface area (Å²) in [7, 11) is 3.32. The number of hydrogen-bond donors (Lipinski definition) is 1. The molecule has 0 aliphatic carbocycles. The van der Waals surface area contributed by atoms with Crippen LogP contribution in [-0.2, 0) is 5.75 Å². The van der Waals surface area contributed by atoms with E-state index in [1.807, 2.05) is 18.2 Å². The van der Waals surface area contributed by atoms with Crippen LogP contribution in [0, 0.1) is 0 Å². The first-order valence-electron chi connectivity index (χ1n) is 4.80. The number of ether oxygens (including phenoxy) is 2. The Bertz CT molecular complexity index is 305. The van der Waals surface area contributed by atoms with Gasteiger partial charge in [0.05, 0.1) is 14.2 Å². The average molecular weight is 227 g/mol. The van der Waals surface area contributed by atoms with Gasteiger partial charge in [0.2, 0.25) is 0 Å². The highest BCUT2D eigenvalue weighted by atomic mass is 32.2. The zero-order valence-electron chi connectivity index (χ0n) is 9.16. The number of benzene rings is 1. The van der Waals surface area contributed by atoms with Gasteiger partial charge in [-0.1, -0.05) is 6.07 Å². The molecule has 84 valence electrons. The summed E-state index contributed by atoms with van der Waals surface area (Å²) in [5.74, 6) is 3.58. The van der Waals surface area contributed by atoms with E-state index in [2.05, 4.69) is 0 Å². The van der Waals surface area contributed by atoms with Crippen molar-refractivity contribution in [3.8, 4) is 11.5 Å². The highest BCUT2D eigenvalue weighted by molar-refractivity contribution is 7.98. The minimum absolute atomic E-state index is 0.711.